The van der Waals surface area contributed by atoms with Gasteiger partial charge >= 0.3 is 5.97 Å². The van der Waals surface area contributed by atoms with Gasteiger partial charge in [-0.1, -0.05) is 90.5 Å². The van der Waals surface area contributed by atoms with Crippen LogP contribution in [-0.2, 0) is 19.8 Å². The molecule has 5 heteroatoms. The zero-order valence-electron chi connectivity index (χ0n) is 17.8. The van der Waals surface area contributed by atoms with Gasteiger partial charge in [-0.2, -0.15) is 0 Å². The standard InChI is InChI=1S/C26H29NO4/c1-21-12-14-24(15-13-21)26(22-8-4-2-5-9-22,23-10-6-3-7-11-23)27-16-17-30-18-19-31-20-25(28)29/h2-15,27H,16-20H2,1H3,(H,28,29). The number of carbonyl (C=O) groups is 1. The van der Waals surface area contributed by atoms with Gasteiger partial charge < -0.3 is 14.6 Å². The van der Waals surface area contributed by atoms with Crippen LogP contribution in [0.15, 0.2) is 84.9 Å². The van der Waals surface area contributed by atoms with Gasteiger partial charge in [-0.05, 0) is 23.6 Å². The number of rotatable bonds is 12. The molecule has 0 saturated carbocycles. The molecular formula is C26H29NO4. The number of nitrogens with one attached hydrogen (secondary N) is 1. The third-order valence-electron chi connectivity index (χ3n) is 5.13. The van der Waals surface area contributed by atoms with Crippen LogP contribution in [0.2, 0.25) is 0 Å². The van der Waals surface area contributed by atoms with Crippen molar-refractivity contribution >= 4 is 5.97 Å². The minimum atomic E-state index is -0.977. The van der Waals surface area contributed by atoms with Crippen molar-refractivity contribution in [2.24, 2.45) is 0 Å². The molecule has 5 nitrogen and oxygen atoms in total. The Morgan fingerprint density at radius 2 is 1.29 bits per heavy atom. The van der Waals surface area contributed by atoms with Crippen molar-refractivity contribution in [3.05, 3.63) is 107 Å². The smallest absolute Gasteiger partial charge is 0.329 e. The fourth-order valence-electron chi connectivity index (χ4n) is 3.68. The second-order valence-electron chi connectivity index (χ2n) is 7.33. The summed E-state index contributed by atoms with van der Waals surface area (Å²) in [5, 5.41) is 12.4. The predicted octanol–water partition coefficient (Wildman–Crippen LogP) is 3.99. The van der Waals surface area contributed by atoms with E-state index in [1.54, 1.807) is 0 Å². The molecule has 0 unspecified atom stereocenters. The van der Waals surface area contributed by atoms with Crippen LogP contribution in [0.4, 0.5) is 0 Å². The van der Waals surface area contributed by atoms with Crippen LogP contribution in [0.1, 0.15) is 22.3 Å². The zero-order chi connectivity index (χ0) is 21.9. The summed E-state index contributed by atoms with van der Waals surface area (Å²) in [5.74, 6) is -0.977. The lowest BCUT2D eigenvalue weighted by atomic mass is 9.77. The van der Waals surface area contributed by atoms with E-state index in [4.69, 9.17) is 14.6 Å². The SMILES string of the molecule is Cc1ccc(C(NCCOCCOCC(=O)O)(c2ccccc2)c2ccccc2)cc1. The summed E-state index contributed by atoms with van der Waals surface area (Å²) in [4.78, 5) is 10.5. The van der Waals surface area contributed by atoms with Crippen molar-refractivity contribution in [1.82, 2.24) is 5.32 Å². The Balaban J connectivity index is 1.82. The number of hydrogen-bond donors (Lipinski definition) is 2. The van der Waals surface area contributed by atoms with Crippen LogP contribution < -0.4 is 5.32 Å². The van der Waals surface area contributed by atoms with Gasteiger partial charge in [-0.15, -0.1) is 0 Å². The molecular weight excluding hydrogens is 390 g/mol. The molecule has 0 aromatic heterocycles. The van der Waals surface area contributed by atoms with E-state index in [-0.39, 0.29) is 13.2 Å². The third kappa shape index (κ3) is 6.01. The fraction of sp³-hybridized carbons (Fsp3) is 0.269. The molecule has 0 amide bonds. The Morgan fingerprint density at radius 3 is 1.84 bits per heavy atom. The van der Waals surface area contributed by atoms with Crippen LogP contribution in [-0.4, -0.2) is 44.0 Å². The van der Waals surface area contributed by atoms with Gasteiger partial charge in [-0.3, -0.25) is 5.32 Å². The van der Waals surface area contributed by atoms with E-state index in [0.717, 1.165) is 16.7 Å². The summed E-state index contributed by atoms with van der Waals surface area (Å²) in [6.45, 7) is 3.47. The highest BCUT2D eigenvalue weighted by Crippen LogP contribution is 2.36. The van der Waals surface area contributed by atoms with Gasteiger partial charge in [0.15, 0.2) is 0 Å². The number of benzene rings is 3. The lowest BCUT2D eigenvalue weighted by molar-refractivity contribution is -0.142. The summed E-state index contributed by atoms with van der Waals surface area (Å²) in [5.41, 5.74) is 4.13. The van der Waals surface area contributed by atoms with Crippen molar-refractivity contribution in [2.75, 3.05) is 33.0 Å². The average molecular weight is 420 g/mol. The van der Waals surface area contributed by atoms with Gasteiger partial charge in [0.05, 0.1) is 25.4 Å². The van der Waals surface area contributed by atoms with E-state index in [2.05, 4.69) is 85.0 Å². The Morgan fingerprint density at radius 1 is 0.774 bits per heavy atom. The second kappa shape index (κ2) is 11.4. The van der Waals surface area contributed by atoms with Gasteiger partial charge in [0.1, 0.15) is 6.61 Å². The van der Waals surface area contributed by atoms with Gasteiger partial charge in [0.2, 0.25) is 0 Å². The molecule has 0 aliphatic heterocycles. The fourth-order valence-corrected chi connectivity index (χ4v) is 3.68. The largest absolute Gasteiger partial charge is 0.480 e. The van der Waals surface area contributed by atoms with Crippen LogP contribution >= 0.6 is 0 Å². The zero-order valence-corrected chi connectivity index (χ0v) is 17.8. The first-order valence-corrected chi connectivity index (χ1v) is 10.4. The van der Waals surface area contributed by atoms with Crippen LogP contribution in [0.3, 0.4) is 0 Å². The van der Waals surface area contributed by atoms with Crippen molar-refractivity contribution < 1.29 is 19.4 Å². The number of aliphatic carboxylic acids is 1. The first kappa shape index (κ1) is 22.7. The molecule has 3 rings (SSSR count). The molecule has 0 radical (unpaired) electrons. The van der Waals surface area contributed by atoms with Crippen molar-refractivity contribution in [2.45, 2.75) is 12.5 Å². The maximum absolute atomic E-state index is 10.5. The molecule has 2 N–H and O–H groups in total. The van der Waals surface area contributed by atoms with Crippen molar-refractivity contribution in [1.29, 1.82) is 0 Å². The summed E-state index contributed by atoms with van der Waals surface area (Å²) >= 11 is 0. The maximum atomic E-state index is 10.5. The molecule has 0 bridgehead atoms. The maximum Gasteiger partial charge on any atom is 0.329 e. The number of hydrogen-bond acceptors (Lipinski definition) is 4. The highest BCUT2D eigenvalue weighted by atomic mass is 16.5. The van der Waals surface area contributed by atoms with Crippen LogP contribution in [0.25, 0.3) is 0 Å². The molecule has 3 aromatic rings. The van der Waals surface area contributed by atoms with Crippen molar-refractivity contribution in [3.8, 4) is 0 Å². The van der Waals surface area contributed by atoms with E-state index < -0.39 is 11.5 Å². The molecule has 0 heterocycles. The highest BCUT2D eigenvalue weighted by molar-refractivity contribution is 5.67. The quantitative estimate of drug-likeness (QED) is 0.343. The van der Waals surface area contributed by atoms with Crippen LogP contribution in [0, 0.1) is 6.92 Å². The lowest BCUT2D eigenvalue weighted by Gasteiger charge is -2.37. The molecule has 31 heavy (non-hydrogen) atoms. The van der Waals surface area contributed by atoms with Gasteiger partial charge in [0, 0.05) is 6.54 Å². The summed E-state index contributed by atoms with van der Waals surface area (Å²) < 4.78 is 10.7. The number of carboxylic acid groups (broad SMARTS) is 1. The molecule has 3 aromatic carbocycles. The Bertz CT molecular complexity index is 887. The number of aryl methyl sites for hydroxylation is 1. The minimum absolute atomic E-state index is 0.257. The Hall–Kier alpha value is -2.99. The Labute approximate surface area is 183 Å². The Kier molecular flexibility index (Phi) is 8.35. The van der Waals surface area contributed by atoms with Crippen LogP contribution in [0.5, 0.6) is 0 Å². The summed E-state index contributed by atoms with van der Waals surface area (Å²) in [7, 11) is 0. The molecule has 0 atom stereocenters. The highest BCUT2D eigenvalue weighted by Gasteiger charge is 2.35. The van der Waals surface area contributed by atoms with E-state index in [1.165, 1.54) is 5.56 Å². The van der Waals surface area contributed by atoms with E-state index in [1.807, 2.05) is 12.1 Å². The van der Waals surface area contributed by atoms with E-state index >= 15 is 0 Å². The van der Waals surface area contributed by atoms with Gasteiger partial charge in [-0.25, -0.2) is 4.79 Å². The molecule has 0 aliphatic rings. The molecule has 0 saturated heterocycles. The average Bonchev–Trinajstić information content (AvgIpc) is 2.80. The van der Waals surface area contributed by atoms with E-state index in [9.17, 15) is 4.79 Å². The number of ether oxygens (including phenoxy) is 2. The second-order valence-corrected chi connectivity index (χ2v) is 7.33. The first-order chi connectivity index (χ1) is 15.1. The summed E-state index contributed by atoms with van der Waals surface area (Å²) in [6.07, 6.45) is 0. The third-order valence-corrected chi connectivity index (χ3v) is 5.13. The first-order valence-electron chi connectivity index (χ1n) is 10.4. The number of carboxylic acids is 1. The molecule has 0 spiro atoms. The minimum Gasteiger partial charge on any atom is -0.480 e. The monoisotopic (exact) mass is 419 g/mol. The van der Waals surface area contributed by atoms with Crippen molar-refractivity contribution in [3.63, 3.8) is 0 Å². The van der Waals surface area contributed by atoms with E-state index in [0.29, 0.717) is 19.8 Å². The molecule has 0 fully saturated rings. The predicted molar refractivity (Wildman–Crippen MR) is 121 cm³/mol. The van der Waals surface area contributed by atoms with Gasteiger partial charge in [0.25, 0.3) is 0 Å². The molecule has 0 aliphatic carbocycles. The molecule has 162 valence electrons. The lowest BCUT2D eigenvalue weighted by Crippen LogP contribution is -2.46. The topological polar surface area (TPSA) is 67.8 Å². The normalized spacial score (nSPS) is 11.4. The summed E-state index contributed by atoms with van der Waals surface area (Å²) in [6, 6.07) is 29.4.